The largest absolute Gasteiger partial charge is 0.294 e. The fourth-order valence-corrected chi connectivity index (χ4v) is 2.83. The van der Waals surface area contributed by atoms with E-state index in [4.69, 9.17) is 11.6 Å². The number of piperazine rings is 1. The van der Waals surface area contributed by atoms with Gasteiger partial charge in [-0.25, -0.2) is 8.42 Å². The number of nitrogens with one attached hydrogen (secondary N) is 1. The number of halogens is 1. The molecule has 0 spiro atoms. The lowest BCUT2D eigenvalue weighted by atomic mass is 10.2. The Hall–Kier alpha value is -0.660. The molecule has 1 atom stereocenters. The van der Waals surface area contributed by atoms with Crippen molar-refractivity contribution in [2.45, 2.75) is 19.4 Å². The van der Waals surface area contributed by atoms with Gasteiger partial charge in [0.1, 0.15) is 11.3 Å². The molecule has 15 heavy (non-hydrogen) atoms. The zero-order valence-corrected chi connectivity index (χ0v) is 9.64. The molecule has 0 aromatic rings. The van der Waals surface area contributed by atoms with Gasteiger partial charge >= 0.3 is 0 Å². The summed E-state index contributed by atoms with van der Waals surface area (Å²) in [6.45, 7) is 1.32. The standard InChI is InChI=1S/C7H11ClN2O4S/c1-2-5-7(12)9-6(11)3-10(5)15(13,14)4-8/h5H,2-4H2,1H3,(H,9,11,12). The van der Waals surface area contributed by atoms with Gasteiger partial charge < -0.3 is 0 Å². The molecule has 0 aromatic carbocycles. The maximum Gasteiger partial charge on any atom is 0.245 e. The van der Waals surface area contributed by atoms with Crippen LogP contribution in [0.1, 0.15) is 13.3 Å². The van der Waals surface area contributed by atoms with Crippen LogP contribution in [0.25, 0.3) is 0 Å². The Morgan fingerprint density at radius 3 is 2.60 bits per heavy atom. The number of amides is 2. The molecule has 1 aliphatic heterocycles. The molecule has 0 radical (unpaired) electrons. The van der Waals surface area contributed by atoms with Gasteiger partial charge in [0.15, 0.2) is 0 Å². The highest BCUT2D eigenvalue weighted by Crippen LogP contribution is 2.15. The van der Waals surface area contributed by atoms with Crippen LogP contribution in [0.4, 0.5) is 0 Å². The van der Waals surface area contributed by atoms with Crippen LogP contribution in [-0.4, -0.2) is 42.3 Å². The Bertz CT molecular complexity index is 380. The average molecular weight is 255 g/mol. The molecule has 0 saturated carbocycles. The van der Waals surface area contributed by atoms with Crippen LogP contribution in [-0.2, 0) is 19.6 Å². The molecule has 8 heteroatoms. The van der Waals surface area contributed by atoms with Crippen LogP contribution in [0.3, 0.4) is 0 Å². The summed E-state index contributed by atoms with van der Waals surface area (Å²) in [6, 6.07) is -0.841. The molecule has 1 heterocycles. The van der Waals surface area contributed by atoms with E-state index in [1.165, 1.54) is 0 Å². The SMILES string of the molecule is CCC1C(=O)NC(=O)CN1S(=O)(=O)CCl. The number of carbonyl (C=O) groups is 2. The third-order valence-corrected chi connectivity index (χ3v) is 4.30. The molecule has 1 unspecified atom stereocenters. The van der Waals surface area contributed by atoms with Crippen molar-refractivity contribution in [1.82, 2.24) is 9.62 Å². The second-order valence-corrected chi connectivity index (χ2v) is 5.61. The number of hydrogen-bond acceptors (Lipinski definition) is 4. The number of alkyl halides is 1. The van der Waals surface area contributed by atoms with E-state index in [0.717, 1.165) is 4.31 Å². The summed E-state index contributed by atoms with van der Waals surface area (Å²) >= 11 is 5.27. The highest BCUT2D eigenvalue weighted by atomic mass is 35.5. The summed E-state index contributed by atoms with van der Waals surface area (Å²) in [4.78, 5) is 22.4. The van der Waals surface area contributed by atoms with Gasteiger partial charge in [0.05, 0.1) is 6.54 Å². The van der Waals surface area contributed by atoms with E-state index in [-0.39, 0.29) is 6.54 Å². The summed E-state index contributed by atoms with van der Waals surface area (Å²) in [6.07, 6.45) is 0.301. The molecule has 86 valence electrons. The zero-order valence-electron chi connectivity index (χ0n) is 8.07. The Morgan fingerprint density at radius 2 is 2.13 bits per heavy atom. The molecule has 0 aromatic heterocycles. The number of carbonyl (C=O) groups excluding carboxylic acids is 2. The fourth-order valence-electron chi connectivity index (χ4n) is 1.39. The molecule has 2 amide bonds. The minimum absolute atomic E-state index is 0.301. The summed E-state index contributed by atoms with van der Waals surface area (Å²) in [5, 5.41) is 1.44. The second kappa shape index (κ2) is 4.46. The third-order valence-electron chi connectivity index (χ3n) is 2.09. The lowest BCUT2D eigenvalue weighted by molar-refractivity contribution is -0.137. The first-order valence-electron chi connectivity index (χ1n) is 4.31. The Balaban J connectivity index is 3.03. The molecule has 6 nitrogen and oxygen atoms in total. The molecule has 0 aliphatic carbocycles. The van der Waals surface area contributed by atoms with Crippen molar-refractivity contribution < 1.29 is 18.0 Å². The van der Waals surface area contributed by atoms with Gasteiger partial charge in [-0.1, -0.05) is 6.92 Å². The zero-order chi connectivity index (χ0) is 11.6. The molecule has 1 aliphatic rings. The number of rotatable bonds is 3. The van der Waals surface area contributed by atoms with Crippen LogP contribution in [0.2, 0.25) is 0 Å². The Kier molecular flexibility index (Phi) is 3.69. The fraction of sp³-hybridized carbons (Fsp3) is 0.714. The van der Waals surface area contributed by atoms with Crippen molar-refractivity contribution in [1.29, 1.82) is 0 Å². The van der Waals surface area contributed by atoms with Gasteiger partial charge in [-0.05, 0) is 6.42 Å². The van der Waals surface area contributed by atoms with Crippen molar-refractivity contribution >= 4 is 33.4 Å². The van der Waals surface area contributed by atoms with E-state index in [9.17, 15) is 18.0 Å². The topological polar surface area (TPSA) is 83.6 Å². The number of imide groups is 1. The van der Waals surface area contributed by atoms with Crippen molar-refractivity contribution in [3.05, 3.63) is 0 Å². The summed E-state index contributed by atoms with van der Waals surface area (Å²) < 4.78 is 23.8. The minimum atomic E-state index is -3.73. The first-order valence-corrected chi connectivity index (χ1v) is 6.46. The van der Waals surface area contributed by atoms with E-state index >= 15 is 0 Å². The van der Waals surface area contributed by atoms with Crippen molar-refractivity contribution in [3.8, 4) is 0 Å². The molecular formula is C7H11ClN2O4S. The van der Waals surface area contributed by atoms with E-state index in [0.29, 0.717) is 6.42 Å². The smallest absolute Gasteiger partial charge is 0.245 e. The van der Waals surface area contributed by atoms with Gasteiger partial charge in [-0.3, -0.25) is 14.9 Å². The maximum atomic E-state index is 11.5. The predicted molar refractivity (Wildman–Crippen MR) is 53.6 cm³/mol. The first kappa shape index (κ1) is 12.4. The normalized spacial score (nSPS) is 24.0. The van der Waals surface area contributed by atoms with Gasteiger partial charge in [0.25, 0.3) is 0 Å². The molecular weight excluding hydrogens is 244 g/mol. The predicted octanol–water partition coefficient (Wildman–Crippen LogP) is -0.750. The van der Waals surface area contributed by atoms with Gasteiger partial charge in [-0.2, -0.15) is 4.31 Å². The van der Waals surface area contributed by atoms with Gasteiger partial charge in [0, 0.05) is 0 Å². The van der Waals surface area contributed by atoms with Crippen LogP contribution in [0.5, 0.6) is 0 Å². The van der Waals surface area contributed by atoms with Crippen molar-refractivity contribution in [3.63, 3.8) is 0 Å². The van der Waals surface area contributed by atoms with Gasteiger partial charge in [-0.15, -0.1) is 11.6 Å². The second-order valence-electron chi connectivity index (χ2n) is 3.10. The van der Waals surface area contributed by atoms with E-state index < -0.39 is 33.1 Å². The van der Waals surface area contributed by atoms with E-state index in [1.807, 2.05) is 0 Å². The highest BCUT2D eigenvalue weighted by molar-refractivity contribution is 7.90. The number of nitrogens with zero attached hydrogens (tertiary/aromatic N) is 1. The van der Waals surface area contributed by atoms with E-state index in [1.54, 1.807) is 6.92 Å². The number of hydrogen-bond donors (Lipinski definition) is 1. The summed E-state index contributed by atoms with van der Waals surface area (Å²) in [5.74, 6) is -1.22. The molecule has 0 bridgehead atoms. The lowest BCUT2D eigenvalue weighted by Gasteiger charge is -2.31. The Morgan fingerprint density at radius 1 is 1.53 bits per heavy atom. The lowest BCUT2D eigenvalue weighted by Crippen LogP contribution is -2.59. The van der Waals surface area contributed by atoms with E-state index in [2.05, 4.69) is 5.32 Å². The highest BCUT2D eigenvalue weighted by Gasteiger charge is 2.39. The Labute approximate surface area is 92.6 Å². The molecule has 1 fully saturated rings. The molecule has 1 N–H and O–H groups in total. The molecule has 1 saturated heterocycles. The average Bonchev–Trinajstić information content (AvgIpc) is 2.16. The number of sulfonamides is 1. The van der Waals surface area contributed by atoms with Crippen LogP contribution in [0.15, 0.2) is 0 Å². The summed E-state index contributed by atoms with van der Waals surface area (Å²) in [5.41, 5.74) is 0. The first-order chi connectivity index (χ1) is 6.92. The third kappa shape index (κ3) is 2.47. The maximum absolute atomic E-state index is 11.5. The van der Waals surface area contributed by atoms with Crippen LogP contribution < -0.4 is 5.32 Å². The van der Waals surface area contributed by atoms with Gasteiger partial charge in [0.2, 0.25) is 21.8 Å². The van der Waals surface area contributed by atoms with Crippen molar-refractivity contribution in [2.24, 2.45) is 0 Å². The van der Waals surface area contributed by atoms with Crippen LogP contribution in [0, 0.1) is 0 Å². The van der Waals surface area contributed by atoms with Crippen LogP contribution >= 0.6 is 11.6 Å². The minimum Gasteiger partial charge on any atom is -0.294 e. The quantitative estimate of drug-likeness (QED) is 0.531. The monoisotopic (exact) mass is 254 g/mol. The van der Waals surface area contributed by atoms with Crippen molar-refractivity contribution in [2.75, 3.05) is 11.8 Å². The molecule has 1 rings (SSSR count). The summed E-state index contributed by atoms with van der Waals surface area (Å²) in [7, 11) is -3.73.